The Bertz CT molecular complexity index is 596. The van der Waals surface area contributed by atoms with Crippen molar-refractivity contribution in [3.05, 3.63) is 29.8 Å². The number of piperidine rings is 1. The SMILES string of the molecule is CCS(=O)(=O)NCC(c1ccccc1OC)N1CCC(C)CC1. The number of benzene rings is 1. The lowest BCUT2D eigenvalue weighted by Gasteiger charge is -2.37. The smallest absolute Gasteiger partial charge is 0.211 e. The fraction of sp³-hybridized carbons (Fsp3) is 0.647. The van der Waals surface area contributed by atoms with Crippen molar-refractivity contribution >= 4 is 10.0 Å². The molecular weight excluding hydrogens is 312 g/mol. The Kier molecular flexibility index (Phi) is 6.44. The molecule has 0 bridgehead atoms. The molecule has 0 aromatic heterocycles. The maximum absolute atomic E-state index is 11.9. The summed E-state index contributed by atoms with van der Waals surface area (Å²) < 4.78 is 32.0. The molecule has 1 saturated heterocycles. The molecule has 0 amide bonds. The summed E-state index contributed by atoms with van der Waals surface area (Å²) in [6.45, 7) is 6.28. The van der Waals surface area contributed by atoms with Gasteiger partial charge >= 0.3 is 0 Å². The van der Waals surface area contributed by atoms with Crippen molar-refractivity contribution in [2.45, 2.75) is 32.7 Å². The van der Waals surface area contributed by atoms with Crippen LogP contribution in [0.15, 0.2) is 24.3 Å². The van der Waals surface area contributed by atoms with E-state index in [1.807, 2.05) is 24.3 Å². The molecular formula is C17H28N2O3S. The van der Waals surface area contributed by atoms with Crippen LogP contribution in [0.3, 0.4) is 0 Å². The molecule has 23 heavy (non-hydrogen) atoms. The van der Waals surface area contributed by atoms with Crippen molar-refractivity contribution in [2.24, 2.45) is 5.92 Å². The fourth-order valence-corrected chi connectivity index (χ4v) is 3.64. The van der Waals surface area contributed by atoms with Crippen LogP contribution in [-0.4, -0.2) is 45.8 Å². The van der Waals surface area contributed by atoms with Crippen LogP contribution in [0.2, 0.25) is 0 Å². The molecule has 130 valence electrons. The maximum Gasteiger partial charge on any atom is 0.211 e. The Morgan fingerprint density at radius 3 is 2.57 bits per heavy atom. The van der Waals surface area contributed by atoms with E-state index in [4.69, 9.17) is 4.74 Å². The summed E-state index contributed by atoms with van der Waals surface area (Å²) in [6.07, 6.45) is 2.29. The summed E-state index contributed by atoms with van der Waals surface area (Å²) in [5.41, 5.74) is 1.04. The van der Waals surface area contributed by atoms with Crippen molar-refractivity contribution in [2.75, 3.05) is 32.5 Å². The minimum Gasteiger partial charge on any atom is -0.496 e. The number of rotatable bonds is 7. The second kappa shape index (κ2) is 8.13. The van der Waals surface area contributed by atoms with Crippen LogP contribution >= 0.6 is 0 Å². The summed E-state index contributed by atoms with van der Waals surface area (Å²) in [5, 5.41) is 0. The molecule has 5 nitrogen and oxygen atoms in total. The number of hydrogen-bond donors (Lipinski definition) is 1. The molecule has 1 fully saturated rings. The summed E-state index contributed by atoms with van der Waals surface area (Å²) in [4.78, 5) is 2.37. The normalized spacial score (nSPS) is 18.7. The van der Waals surface area contributed by atoms with Crippen molar-refractivity contribution in [3.8, 4) is 5.75 Å². The lowest BCUT2D eigenvalue weighted by molar-refractivity contribution is 0.137. The third kappa shape index (κ3) is 4.93. The van der Waals surface area contributed by atoms with Gasteiger partial charge < -0.3 is 4.74 Å². The standard InChI is InChI=1S/C17H28N2O3S/c1-4-23(20,21)18-13-16(19-11-9-14(2)10-12-19)15-7-5-6-8-17(15)22-3/h5-8,14,16,18H,4,9-13H2,1-3H3. The molecule has 1 atom stereocenters. The Labute approximate surface area is 140 Å². The van der Waals surface area contributed by atoms with E-state index in [1.165, 1.54) is 0 Å². The largest absolute Gasteiger partial charge is 0.496 e. The summed E-state index contributed by atoms with van der Waals surface area (Å²) in [7, 11) is -1.55. The van der Waals surface area contributed by atoms with Gasteiger partial charge in [-0.3, -0.25) is 4.90 Å². The minimum atomic E-state index is -3.21. The van der Waals surface area contributed by atoms with E-state index in [1.54, 1.807) is 14.0 Å². The molecule has 0 radical (unpaired) electrons. The van der Waals surface area contributed by atoms with E-state index in [9.17, 15) is 8.42 Å². The van der Waals surface area contributed by atoms with Gasteiger partial charge in [0.1, 0.15) is 5.75 Å². The maximum atomic E-state index is 11.9. The van der Waals surface area contributed by atoms with E-state index in [0.717, 1.165) is 43.2 Å². The minimum absolute atomic E-state index is 0.0000231. The highest BCUT2D eigenvalue weighted by atomic mass is 32.2. The number of methoxy groups -OCH3 is 1. The Hall–Kier alpha value is -1.11. The second-order valence-electron chi connectivity index (χ2n) is 6.23. The molecule has 2 rings (SSSR count). The zero-order valence-electron chi connectivity index (χ0n) is 14.3. The zero-order valence-corrected chi connectivity index (χ0v) is 15.1. The van der Waals surface area contributed by atoms with Crippen molar-refractivity contribution in [3.63, 3.8) is 0 Å². The van der Waals surface area contributed by atoms with Gasteiger partial charge in [-0.05, 0) is 44.8 Å². The van der Waals surface area contributed by atoms with Gasteiger partial charge in [-0.15, -0.1) is 0 Å². The van der Waals surface area contributed by atoms with Gasteiger partial charge in [-0.2, -0.15) is 0 Å². The first-order chi connectivity index (χ1) is 11.0. The highest BCUT2D eigenvalue weighted by Crippen LogP contribution is 2.32. The molecule has 0 saturated carbocycles. The van der Waals surface area contributed by atoms with Crippen molar-refractivity contribution < 1.29 is 13.2 Å². The molecule has 0 aliphatic carbocycles. The predicted octanol–water partition coefficient (Wildman–Crippen LogP) is 2.41. The molecule has 1 heterocycles. The first-order valence-electron chi connectivity index (χ1n) is 8.31. The molecule has 1 aliphatic rings. The first-order valence-corrected chi connectivity index (χ1v) is 9.96. The van der Waals surface area contributed by atoms with E-state index in [-0.39, 0.29) is 11.8 Å². The monoisotopic (exact) mass is 340 g/mol. The number of sulfonamides is 1. The molecule has 1 aromatic carbocycles. The van der Waals surface area contributed by atoms with Gasteiger partial charge in [0, 0.05) is 12.1 Å². The lowest BCUT2D eigenvalue weighted by Crippen LogP contribution is -2.42. The van der Waals surface area contributed by atoms with E-state index < -0.39 is 10.0 Å². The van der Waals surface area contributed by atoms with E-state index in [0.29, 0.717) is 6.54 Å². The third-order valence-corrected chi connectivity index (χ3v) is 6.00. The van der Waals surface area contributed by atoms with Crippen LogP contribution in [0.4, 0.5) is 0 Å². The van der Waals surface area contributed by atoms with Gasteiger partial charge in [-0.1, -0.05) is 25.1 Å². The average molecular weight is 340 g/mol. The van der Waals surface area contributed by atoms with Gasteiger partial charge in [0.05, 0.1) is 18.9 Å². The first kappa shape index (κ1) is 18.2. The molecule has 1 unspecified atom stereocenters. The summed E-state index contributed by atoms with van der Waals surface area (Å²) in [6, 6.07) is 7.88. The highest BCUT2D eigenvalue weighted by molar-refractivity contribution is 7.89. The fourth-order valence-electron chi connectivity index (χ4n) is 3.03. The number of para-hydroxylation sites is 1. The molecule has 6 heteroatoms. The van der Waals surface area contributed by atoms with Crippen LogP contribution in [0.25, 0.3) is 0 Å². The zero-order chi connectivity index (χ0) is 16.9. The van der Waals surface area contributed by atoms with Crippen molar-refractivity contribution in [1.82, 2.24) is 9.62 Å². The van der Waals surface area contributed by atoms with Gasteiger partial charge in [0.25, 0.3) is 0 Å². The lowest BCUT2D eigenvalue weighted by atomic mass is 9.95. The predicted molar refractivity (Wildman–Crippen MR) is 93.2 cm³/mol. The average Bonchev–Trinajstić information content (AvgIpc) is 2.57. The topological polar surface area (TPSA) is 58.6 Å². The third-order valence-electron chi connectivity index (χ3n) is 4.63. The number of nitrogens with one attached hydrogen (secondary N) is 1. The van der Waals surface area contributed by atoms with E-state index in [2.05, 4.69) is 16.5 Å². The van der Waals surface area contributed by atoms with Crippen LogP contribution in [0, 0.1) is 5.92 Å². The quantitative estimate of drug-likeness (QED) is 0.828. The number of hydrogen-bond acceptors (Lipinski definition) is 4. The van der Waals surface area contributed by atoms with Gasteiger partial charge in [-0.25, -0.2) is 13.1 Å². The Balaban J connectivity index is 2.23. The summed E-state index contributed by atoms with van der Waals surface area (Å²) in [5.74, 6) is 1.64. The van der Waals surface area contributed by atoms with Crippen LogP contribution in [-0.2, 0) is 10.0 Å². The Morgan fingerprint density at radius 1 is 1.30 bits per heavy atom. The number of likely N-dealkylation sites (tertiary alicyclic amines) is 1. The highest BCUT2D eigenvalue weighted by Gasteiger charge is 2.27. The molecule has 0 spiro atoms. The molecule has 1 aromatic rings. The Morgan fingerprint density at radius 2 is 1.96 bits per heavy atom. The van der Waals surface area contributed by atoms with Crippen LogP contribution in [0.5, 0.6) is 5.75 Å². The van der Waals surface area contributed by atoms with Crippen LogP contribution < -0.4 is 9.46 Å². The van der Waals surface area contributed by atoms with Gasteiger partial charge in [0.2, 0.25) is 10.0 Å². The molecule has 1 N–H and O–H groups in total. The molecule has 1 aliphatic heterocycles. The van der Waals surface area contributed by atoms with E-state index >= 15 is 0 Å². The van der Waals surface area contributed by atoms with Crippen LogP contribution in [0.1, 0.15) is 38.3 Å². The second-order valence-corrected chi connectivity index (χ2v) is 8.32. The van der Waals surface area contributed by atoms with Gasteiger partial charge in [0.15, 0.2) is 0 Å². The number of ether oxygens (including phenoxy) is 1. The van der Waals surface area contributed by atoms with Crippen molar-refractivity contribution in [1.29, 1.82) is 0 Å². The number of nitrogens with zero attached hydrogens (tertiary/aromatic N) is 1. The summed E-state index contributed by atoms with van der Waals surface area (Å²) >= 11 is 0.